The summed E-state index contributed by atoms with van der Waals surface area (Å²) in [5.74, 6) is 0.237. The van der Waals surface area contributed by atoms with Crippen molar-refractivity contribution in [3.8, 4) is 11.5 Å². The maximum Gasteiger partial charge on any atom is 0.416 e. The van der Waals surface area contributed by atoms with Crippen molar-refractivity contribution in [2.24, 2.45) is 5.92 Å². The van der Waals surface area contributed by atoms with Gasteiger partial charge in [0.05, 0.1) is 25.2 Å². The summed E-state index contributed by atoms with van der Waals surface area (Å²) in [5, 5.41) is 8.89. The highest BCUT2D eigenvalue weighted by Gasteiger charge is 2.30. The van der Waals surface area contributed by atoms with Crippen molar-refractivity contribution in [1.82, 2.24) is 0 Å². The van der Waals surface area contributed by atoms with Crippen LogP contribution in [0.25, 0.3) is 0 Å². The molecule has 164 valence electrons. The predicted molar refractivity (Wildman–Crippen MR) is 108 cm³/mol. The maximum atomic E-state index is 12.6. The van der Waals surface area contributed by atoms with Crippen LogP contribution in [0.5, 0.6) is 11.5 Å². The van der Waals surface area contributed by atoms with Crippen LogP contribution in [0.4, 0.5) is 13.2 Å². The number of carboxylic acid groups (broad SMARTS) is 1. The molecule has 7 heteroatoms. The third-order valence-corrected chi connectivity index (χ3v) is 4.78. The number of benzene rings is 2. The quantitative estimate of drug-likeness (QED) is 0.470. The van der Waals surface area contributed by atoms with Gasteiger partial charge in [0.15, 0.2) is 0 Å². The van der Waals surface area contributed by atoms with Gasteiger partial charge in [-0.1, -0.05) is 32.4 Å². The third kappa shape index (κ3) is 7.61. The normalized spacial score (nSPS) is 13.5. The highest BCUT2D eigenvalue weighted by molar-refractivity contribution is 5.67. The Bertz CT molecular complexity index is 786. The molecule has 0 spiro atoms. The van der Waals surface area contributed by atoms with Gasteiger partial charge in [-0.15, -0.1) is 0 Å². The van der Waals surface area contributed by atoms with E-state index in [4.69, 9.17) is 14.6 Å². The summed E-state index contributed by atoms with van der Waals surface area (Å²) < 4.78 is 49.4. The van der Waals surface area contributed by atoms with Crippen LogP contribution in [0.3, 0.4) is 0 Å². The maximum absolute atomic E-state index is 12.6. The Morgan fingerprint density at radius 2 is 1.47 bits per heavy atom. The number of ether oxygens (including phenoxy) is 2. The number of alkyl halides is 3. The molecule has 0 aliphatic heterocycles. The molecule has 0 aliphatic rings. The molecule has 0 heterocycles. The van der Waals surface area contributed by atoms with E-state index in [1.54, 1.807) is 0 Å². The zero-order valence-corrected chi connectivity index (χ0v) is 17.1. The largest absolute Gasteiger partial charge is 0.493 e. The van der Waals surface area contributed by atoms with Gasteiger partial charge in [-0.2, -0.15) is 13.2 Å². The first-order valence-electron chi connectivity index (χ1n) is 9.93. The fourth-order valence-electron chi connectivity index (χ4n) is 3.06. The summed E-state index contributed by atoms with van der Waals surface area (Å²) in [7, 11) is 0. The molecule has 0 aromatic heterocycles. The van der Waals surface area contributed by atoms with E-state index < -0.39 is 17.7 Å². The topological polar surface area (TPSA) is 55.8 Å². The van der Waals surface area contributed by atoms with E-state index in [0.29, 0.717) is 24.7 Å². The summed E-state index contributed by atoms with van der Waals surface area (Å²) in [6, 6.07) is 12.0. The Morgan fingerprint density at radius 3 is 1.90 bits per heavy atom. The summed E-state index contributed by atoms with van der Waals surface area (Å²) >= 11 is 0. The molecule has 2 aromatic rings. The first-order valence-corrected chi connectivity index (χ1v) is 9.93. The van der Waals surface area contributed by atoms with Crippen molar-refractivity contribution in [2.45, 2.75) is 45.2 Å². The molecule has 0 radical (unpaired) electrons. The lowest BCUT2D eigenvalue weighted by molar-refractivity contribution is -0.138. The van der Waals surface area contributed by atoms with E-state index in [1.807, 2.05) is 38.1 Å². The van der Waals surface area contributed by atoms with E-state index in [9.17, 15) is 18.0 Å². The molecule has 0 fully saturated rings. The molecule has 2 rings (SSSR count). The fourth-order valence-corrected chi connectivity index (χ4v) is 3.06. The van der Waals surface area contributed by atoms with Crippen LogP contribution < -0.4 is 9.47 Å². The number of rotatable bonds is 11. The van der Waals surface area contributed by atoms with Crippen LogP contribution in [0.2, 0.25) is 0 Å². The number of hydrogen-bond acceptors (Lipinski definition) is 3. The zero-order valence-electron chi connectivity index (χ0n) is 17.1. The lowest BCUT2D eigenvalue weighted by Crippen LogP contribution is -2.20. The van der Waals surface area contributed by atoms with Gasteiger partial charge in [0.25, 0.3) is 0 Å². The molecule has 0 aliphatic carbocycles. The van der Waals surface area contributed by atoms with Crippen LogP contribution in [0, 0.1) is 5.92 Å². The van der Waals surface area contributed by atoms with Crippen molar-refractivity contribution < 1.29 is 32.5 Å². The standard InChI is InChI=1S/C23H27F3O4/c1-3-4-17(15-30-21-11-7-19(8-12-21)23(24,25)26)14-29-20-9-5-18(6-10-20)16(2)13-22(27)28/h5-12,16-17H,3-4,13-15H2,1-2H3,(H,27,28). The van der Waals surface area contributed by atoms with Gasteiger partial charge in [-0.25, -0.2) is 0 Å². The molecule has 2 unspecified atom stereocenters. The lowest BCUT2D eigenvalue weighted by Gasteiger charge is -2.18. The fraction of sp³-hybridized carbons (Fsp3) is 0.435. The number of aliphatic carboxylic acids is 1. The van der Waals surface area contributed by atoms with Gasteiger partial charge in [0, 0.05) is 5.92 Å². The average molecular weight is 424 g/mol. The van der Waals surface area contributed by atoms with Crippen molar-refractivity contribution in [3.05, 3.63) is 59.7 Å². The summed E-state index contributed by atoms with van der Waals surface area (Å²) in [5.41, 5.74) is 0.227. The Labute approximate surface area is 174 Å². The summed E-state index contributed by atoms with van der Waals surface area (Å²) in [4.78, 5) is 10.8. The predicted octanol–water partition coefficient (Wildman–Crippen LogP) is 6.16. The van der Waals surface area contributed by atoms with Gasteiger partial charge in [-0.3, -0.25) is 4.79 Å². The van der Waals surface area contributed by atoms with Crippen molar-refractivity contribution >= 4 is 5.97 Å². The van der Waals surface area contributed by atoms with E-state index in [1.165, 1.54) is 12.1 Å². The van der Waals surface area contributed by atoms with Crippen LogP contribution in [0.15, 0.2) is 48.5 Å². The van der Waals surface area contributed by atoms with Crippen molar-refractivity contribution in [3.63, 3.8) is 0 Å². The van der Waals surface area contributed by atoms with Gasteiger partial charge in [0.1, 0.15) is 11.5 Å². The number of hydrogen-bond donors (Lipinski definition) is 1. The van der Waals surface area contributed by atoms with Gasteiger partial charge < -0.3 is 14.6 Å². The summed E-state index contributed by atoms with van der Waals surface area (Å²) in [6.45, 7) is 4.66. The van der Waals surface area contributed by atoms with Crippen LogP contribution >= 0.6 is 0 Å². The minimum absolute atomic E-state index is 0.0695. The average Bonchev–Trinajstić information content (AvgIpc) is 2.69. The van der Waals surface area contributed by atoms with Crippen LogP contribution in [-0.4, -0.2) is 24.3 Å². The molecular weight excluding hydrogens is 397 g/mol. The Hall–Kier alpha value is -2.70. The van der Waals surface area contributed by atoms with Gasteiger partial charge in [-0.05, 0) is 54.3 Å². The van der Waals surface area contributed by atoms with Crippen molar-refractivity contribution in [1.29, 1.82) is 0 Å². The Balaban J connectivity index is 1.87. The third-order valence-electron chi connectivity index (χ3n) is 4.78. The Morgan fingerprint density at radius 1 is 0.967 bits per heavy atom. The molecule has 0 saturated heterocycles. The van der Waals surface area contributed by atoms with Gasteiger partial charge >= 0.3 is 12.1 Å². The molecule has 0 saturated carbocycles. The highest BCUT2D eigenvalue weighted by Crippen LogP contribution is 2.30. The van der Waals surface area contributed by atoms with Gasteiger partial charge in [0.2, 0.25) is 0 Å². The summed E-state index contributed by atoms with van der Waals surface area (Å²) in [6.07, 6.45) is -2.51. The van der Waals surface area contributed by atoms with Crippen LogP contribution in [0.1, 0.15) is 50.2 Å². The molecular formula is C23H27F3O4. The lowest BCUT2D eigenvalue weighted by atomic mass is 9.98. The zero-order chi connectivity index (χ0) is 22.1. The molecule has 30 heavy (non-hydrogen) atoms. The van der Waals surface area contributed by atoms with Crippen molar-refractivity contribution in [2.75, 3.05) is 13.2 Å². The minimum atomic E-state index is -4.36. The van der Waals surface area contributed by atoms with E-state index >= 15 is 0 Å². The first-order chi connectivity index (χ1) is 14.2. The van der Waals surface area contributed by atoms with Crippen LogP contribution in [-0.2, 0) is 11.0 Å². The van der Waals surface area contributed by atoms with E-state index in [2.05, 4.69) is 0 Å². The molecule has 4 nitrogen and oxygen atoms in total. The number of carbonyl (C=O) groups is 1. The molecule has 0 bridgehead atoms. The Kier molecular flexibility index (Phi) is 8.57. The molecule has 2 aromatic carbocycles. The second-order valence-electron chi connectivity index (χ2n) is 7.37. The smallest absolute Gasteiger partial charge is 0.416 e. The second-order valence-corrected chi connectivity index (χ2v) is 7.37. The van der Waals surface area contributed by atoms with E-state index in [-0.39, 0.29) is 18.3 Å². The number of carboxylic acids is 1. The SMILES string of the molecule is CCCC(COc1ccc(C(C)CC(=O)O)cc1)COc1ccc(C(F)(F)F)cc1. The number of halogens is 3. The molecule has 0 amide bonds. The first kappa shape index (κ1) is 23.6. The molecule has 2 atom stereocenters. The highest BCUT2D eigenvalue weighted by atomic mass is 19.4. The second kappa shape index (κ2) is 10.9. The monoisotopic (exact) mass is 424 g/mol. The molecule has 1 N–H and O–H groups in total. The minimum Gasteiger partial charge on any atom is -0.493 e. The van der Waals surface area contributed by atoms with E-state index in [0.717, 1.165) is 30.5 Å².